The van der Waals surface area contributed by atoms with Gasteiger partial charge in [-0.2, -0.15) is 0 Å². The maximum absolute atomic E-state index is 2.87. The van der Waals surface area contributed by atoms with E-state index in [9.17, 15) is 0 Å². The zero-order valence-electron chi connectivity index (χ0n) is 13.0. The maximum atomic E-state index is 2.87. The molecule has 0 radical (unpaired) electrons. The van der Waals surface area contributed by atoms with Gasteiger partial charge >= 0.3 is 0 Å². The summed E-state index contributed by atoms with van der Waals surface area (Å²) >= 11 is 0. The van der Waals surface area contributed by atoms with Crippen LogP contribution in [0.1, 0.15) is 0 Å². The number of anilines is 1. The Morgan fingerprint density at radius 3 is 2.05 bits per heavy atom. The highest BCUT2D eigenvalue weighted by Crippen LogP contribution is 2.36. The van der Waals surface area contributed by atoms with Crippen LogP contribution in [0, 0.1) is 0 Å². The largest absolute Gasteiger partial charge is 0.377 e. The number of hydrogen-bond acceptors (Lipinski definition) is 1. The molecule has 0 amide bonds. The van der Waals surface area contributed by atoms with Crippen molar-refractivity contribution in [3.8, 4) is 22.3 Å². The molecule has 3 aromatic rings. The standard InChI is InChI=1S/C20H20NP/c1-21(2)18-13-7-6-11-16(18)17-12-8-14-19(22)20(17)15-9-4-3-5-10-15/h3-14H,22H2,1-2H3. The molecule has 22 heavy (non-hydrogen) atoms. The van der Waals surface area contributed by atoms with Crippen molar-refractivity contribution in [3.05, 3.63) is 72.8 Å². The predicted octanol–water partition coefficient (Wildman–Crippen LogP) is 4.59. The summed E-state index contributed by atoms with van der Waals surface area (Å²) in [5.41, 5.74) is 6.29. The highest BCUT2D eigenvalue weighted by molar-refractivity contribution is 7.28. The fourth-order valence-electron chi connectivity index (χ4n) is 2.81. The van der Waals surface area contributed by atoms with Crippen LogP contribution in [0.3, 0.4) is 0 Å². The number of nitrogens with zero attached hydrogens (tertiary/aromatic N) is 1. The Kier molecular flexibility index (Phi) is 4.27. The van der Waals surface area contributed by atoms with E-state index >= 15 is 0 Å². The molecule has 110 valence electrons. The van der Waals surface area contributed by atoms with E-state index in [4.69, 9.17) is 0 Å². The van der Waals surface area contributed by atoms with Crippen LogP contribution < -0.4 is 10.2 Å². The average molecular weight is 305 g/mol. The lowest BCUT2D eigenvalue weighted by atomic mass is 9.93. The van der Waals surface area contributed by atoms with Crippen molar-refractivity contribution in [3.63, 3.8) is 0 Å². The third-order valence-corrected chi connectivity index (χ3v) is 4.32. The molecule has 1 unspecified atom stereocenters. The Morgan fingerprint density at radius 2 is 1.32 bits per heavy atom. The molecule has 0 heterocycles. The van der Waals surface area contributed by atoms with Gasteiger partial charge in [0.2, 0.25) is 0 Å². The van der Waals surface area contributed by atoms with Crippen molar-refractivity contribution >= 4 is 20.2 Å². The van der Waals surface area contributed by atoms with Crippen molar-refractivity contribution in [1.82, 2.24) is 0 Å². The smallest absolute Gasteiger partial charge is 0.0440 e. The SMILES string of the molecule is CN(C)c1ccccc1-c1cccc(P)c1-c1ccccc1. The maximum Gasteiger partial charge on any atom is 0.0440 e. The molecule has 0 bridgehead atoms. The number of para-hydroxylation sites is 1. The first kappa shape index (κ1) is 14.8. The van der Waals surface area contributed by atoms with Crippen molar-refractivity contribution < 1.29 is 0 Å². The molecule has 0 saturated heterocycles. The second-order valence-corrected chi connectivity index (χ2v) is 6.17. The topological polar surface area (TPSA) is 3.24 Å². The average Bonchev–Trinajstić information content (AvgIpc) is 2.55. The molecule has 0 aliphatic rings. The first-order valence-electron chi connectivity index (χ1n) is 7.39. The second kappa shape index (κ2) is 6.34. The normalized spacial score (nSPS) is 10.5. The summed E-state index contributed by atoms with van der Waals surface area (Å²) in [6.45, 7) is 0. The molecule has 3 rings (SSSR count). The van der Waals surface area contributed by atoms with Gasteiger partial charge in [0.05, 0.1) is 0 Å². The number of hydrogen-bond donors (Lipinski definition) is 0. The number of benzene rings is 3. The van der Waals surface area contributed by atoms with Gasteiger partial charge in [0.25, 0.3) is 0 Å². The fourth-order valence-corrected chi connectivity index (χ4v) is 3.25. The molecule has 0 fully saturated rings. The Balaban J connectivity index is 2.28. The molecule has 0 aliphatic carbocycles. The molecule has 0 N–H and O–H groups in total. The van der Waals surface area contributed by atoms with Gasteiger partial charge in [0.1, 0.15) is 0 Å². The van der Waals surface area contributed by atoms with Crippen LogP contribution in [0.15, 0.2) is 72.8 Å². The van der Waals surface area contributed by atoms with Gasteiger partial charge in [0.15, 0.2) is 0 Å². The van der Waals surface area contributed by atoms with Crippen LogP contribution in [-0.2, 0) is 0 Å². The molecule has 1 atom stereocenters. The Bertz CT molecular complexity index is 779. The monoisotopic (exact) mass is 305 g/mol. The fraction of sp³-hybridized carbons (Fsp3) is 0.100. The van der Waals surface area contributed by atoms with E-state index in [0.29, 0.717) is 0 Å². The van der Waals surface area contributed by atoms with E-state index in [2.05, 4.69) is 101 Å². The Hall–Kier alpha value is -2.11. The zero-order chi connectivity index (χ0) is 15.5. The zero-order valence-corrected chi connectivity index (χ0v) is 14.1. The van der Waals surface area contributed by atoms with E-state index < -0.39 is 0 Å². The molecule has 2 heteroatoms. The third-order valence-electron chi connectivity index (χ3n) is 3.84. The molecule has 3 aromatic carbocycles. The van der Waals surface area contributed by atoms with Gasteiger partial charge in [-0.3, -0.25) is 0 Å². The number of rotatable bonds is 3. The highest BCUT2D eigenvalue weighted by atomic mass is 31.0. The minimum atomic E-state index is 1.22. The first-order chi connectivity index (χ1) is 10.7. The molecule has 0 saturated carbocycles. The second-order valence-electron chi connectivity index (χ2n) is 5.55. The first-order valence-corrected chi connectivity index (χ1v) is 7.97. The lowest BCUT2D eigenvalue weighted by molar-refractivity contribution is 1.13. The Labute approximate surface area is 134 Å². The van der Waals surface area contributed by atoms with Gasteiger partial charge in [0, 0.05) is 25.3 Å². The summed E-state index contributed by atoms with van der Waals surface area (Å²) in [6, 6.07) is 25.6. The van der Waals surface area contributed by atoms with Crippen LogP contribution >= 0.6 is 9.24 Å². The van der Waals surface area contributed by atoms with Crippen molar-refractivity contribution in [2.24, 2.45) is 0 Å². The quantitative estimate of drug-likeness (QED) is 0.640. The summed E-state index contributed by atoms with van der Waals surface area (Å²) in [5.74, 6) is 0. The van der Waals surface area contributed by atoms with Crippen molar-refractivity contribution in [1.29, 1.82) is 0 Å². The summed E-state index contributed by atoms with van der Waals surface area (Å²) in [7, 11) is 7.05. The molecular formula is C20H20NP. The molecular weight excluding hydrogens is 285 g/mol. The lowest BCUT2D eigenvalue weighted by Gasteiger charge is -2.20. The highest BCUT2D eigenvalue weighted by Gasteiger charge is 2.13. The summed E-state index contributed by atoms with van der Waals surface area (Å²) in [4.78, 5) is 2.17. The van der Waals surface area contributed by atoms with Crippen LogP contribution in [0.5, 0.6) is 0 Å². The third kappa shape index (κ3) is 2.77. The van der Waals surface area contributed by atoms with Crippen LogP contribution in [0.2, 0.25) is 0 Å². The van der Waals surface area contributed by atoms with E-state index in [1.807, 2.05) is 0 Å². The van der Waals surface area contributed by atoms with Crippen molar-refractivity contribution in [2.45, 2.75) is 0 Å². The summed E-state index contributed by atoms with van der Waals surface area (Å²) in [5, 5.41) is 1.22. The van der Waals surface area contributed by atoms with Gasteiger partial charge in [-0.1, -0.05) is 66.7 Å². The molecule has 0 spiro atoms. The minimum absolute atomic E-state index is 1.22. The Morgan fingerprint density at radius 1 is 0.682 bits per heavy atom. The summed E-state index contributed by atoms with van der Waals surface area (Å²) < 4.78 is 0. The summed E-state index contributed by atoms with van der Waals surface area (Å²) in [6.07, 6.45) is 0. The van der Waals surface area contributed by atoms with E-state index in [0.717, 1.165) is 0 Å². The van der Waals surface area contributed by atoms with Gasteiger partial charge in [-0.15, -0.1) is 9.24 Å². The van der Waals surface area contributed by atoms with Crippen LogP contribution in [-0.4, -0.2) is 14.1 Å². The van der Waals surface area contributed by atoms with Gasteiger partial charge in [-0.25, -0.2) is 0 Å². The minimum Gasteiger partial charge on any atom is -0.377 e. The van der Waals surface area contributed by atoms with Crippen LogP contribution in [0.4, 0.5) is 5.69 Å². The van der Waals surface area contributed by atoms with E-state index in [-0.39, 0.29) is 0 Å². The van der Waals surface area contributed by atoms with Crippen molar-refractivity contribution in [2.75, 3.05) is 19.0 Å². The lowest BCUT2D eigenvalue weighted by Crippen LogP contribution is -2.10. The molecule has 0 aliphatic heterocycles. The van der Waals surface area contributed by atoms with E-state index in [1.165, 1.54) is 33.2 Å². The van der Waals surface area contributed by atoms with Crippen LogP contribution in [0.25, 0.3) is 22.3 Å². The van der Waals surface area contributed by atoms with E-state index in [1.54, 1.807) is 0 Å². The molecule has 1 nitrogen and oxygen atoms in total. The van der Waals surface area contributed by atoms with Gasteiger partial charge in [-0.05, 0) is 28.1 Å². The molecule has 0 aromatic heterocycles. The van der Waals surface area contributed by atoms with Gasteiger partial charge < -0.3 is 4.90 Å². The predicted molar refractivity (Wildman–Crippen MR) is 101 cm³/mol.